The van der Waals surface area contributed by atoms with Crippen molar-refractivity contribution in [1.82, 2.24) is 10.6 Å². The molecule has 4 N–H and O–H groups in total. The molecule has 0 aromatic heterocycles. The number of carbonyl (C=O) groups excluding carboxylic acids is 1. The number of piperidine rings is 1. The predicted molar refractivity (Wildman–Crippen MR) is 111 cm³/mol. The van der Waals surface area contributed by atoms with E-state index >= 15 is 0 Å². The molecule has 5 nitrogen and oxygen atoms in total. The number of hydrogen-bond donors (Lipinski definition) is 4. The van der Waals surface area contributed by atoms with Gasteiger partial charge in [0.1, 0.15) is 6.10 Å². The largest absolute Gasteiger partial charge is 0.394 e. The second-order valence-corrected chi connectivity index (χ2v) is 8.63. The van der Waals surface area contributed by atoms with Crippen molar-refractivity contribution in [2.45, 2.75) is 76.0 Å². The molecule has 1 aliphatic heterocycles. The summed E-state index contributed by atoms with van der Waals surface area (Å²) in [5.41, 5.74) is 0.698. The van der Waals surface area contributed by atoms with Crippen molar-refractivity contribution in [3.8, 4) is 0 Å². The van der Waals surface area contributed by atoms with Crippen molar-refractivity contribution in [3.63, 3.8) is 0 Å². The van der Waals surface area contributed by atoms with Gasteiger partial charge in [-0.05, 0) is 36.8 Å². The van der Waals surface area contributed by atoms with E-state index in [1.54, 1.807) is 12.1 Å². The van der Waals surface area contributed by atoms with E-state index in [0.717, 1.165) is 25.3 Å². The Morgan fingerprint density at radius 2 is 1.79 bits per heavy atom. The van der Waals surface area contributed by atoms with E-state index in [0.29, 0.717) is 11.5 Å². The van der Waals surface area contributed by atoms with E-state index in [-0.39, 0.29) is 18.6 Å². The molecule has 1 aromatic carbocycles. The van der Waals surface area contributed by atoms with Crippen LogP contribution in [0, 0.1) is 11.8 Å². The molecule has 5 heteroatoms. The first-order valence-corrected chi connectivity index (χ1v) is 11.0. The predicted octanol–water partition coefficient (Wildman–Crippen LogP) is 2.93. The molecule has 156 valence electrons. The number of aliphatic hydroxyl groups is 2. The van der Waals surface area contributed by atoms with Crippen LogP contribution >= 0.6 is 0 Å². The fraction of sp³-hybridized carbons (Fsp3) is 0.696. The number of aliphatic hydroxyl groups excluding tert-OH is 2. The summed E-state index contributed by atoms with van der Waals surface area (Å²) in [6.45, 7) is 0.568. The average Bonchev–Trinajstić information content (AvgIpc) is 2.77. The lowest BCUT2D eigenvalue weighted by atomic mass is 9.81. The SMILES string of the molecule is O=C(N[C@H](CO)[C@H](O)c1ccccc1)[C@@H]1C[C@H](CCC2CCCCC2)CCN1. The third-order valence-corrected chi connectivity index (χ3v) is 6.58. The quantitative estimate of drug-likeness (QED) is 0.552. The summed E-state index contributed by atoms with van der Waals surface area (Å²) in [4.78, 5) is 12.8. The molecule has 4 atom stereocenters. The van der Waals surface area contributed by atoms with Crippen LogP contribution in [0.5, 0.6) is 0 Å². The van der Waals surface area contributed by atoms with Gasteiger partial charge in [-0.15, -0.1) is 0 Å². The number of benzene rings is 1. The summed E-state index contributed by atoms with van der Waals surface area (Å²) in [6, 6.07) is 8.24. The summed E-state index contributed by atoms with van der Waals surface area (Å²) >= 11 is 0. The lowest BCUT2D eigenvalue weighted by Gasteiger charge is -2.32. The maximum Gasteiger partial charge on any atom is 0.237 e. The highest BCUT2D eigenvalue weighted by molar-refractivity contribution is 5.82. The van der Waals surface area contributed by atoms with Crippen LogP contribution in [0.2, 0.25) is 0 Å². The molecule has 2 aliphatic rings. The minimum atomic E-state index is -0.916. The fourth-order valence-corrected chi connectivity index (χ4v) is 4.80. The first-order chi connectivity index (χ1) is 13.7. The van der Waals surface area contributed by atoms with Crippen molar-refractivity contribution < 1.29 is 15.0 Å². The van der Waals surface area contributed by atoms with Crippen LogP contribution in [0.1, 0.15) is 69.5 Å². The van der Waals surface area contributed by atoms with Crippen molar-refractivity contribution >= 4 is 5.91 Å². The van der Waals surface area contributed by atoms with Gasteiger partial charge in [-0.1, -0.05) is 75.3 Å². The van der Waals surface area contributed by atoms with Crippen molar-refractivity contribution in [3.05, 3.63) is 35.9 Å². The zero-order valence-corrected chi connectivity index (χ0v) is 16.9. The summed E-state index contributed by atoms with van der Waals surface area (Å²) in [6.07, 6.45) is 10.5. The van der Waals surface area contributed by atoms with E-state index in [9.17, 15) is 15.0 Å². The summed E-state index contributed by atoms with van der Waals surface area (Å²) in [5, 5.41) is 26.4. The molecule has 1 aromatic rings. The Hall–Kier alpha value is -1.43. The van der Waals surface area contributed by atoms with E-state index in [4.69, 9.17) is 0 Å². The summed E-state index contributed by atoms with van der Waals surface area (Å²) in [5.74, 6) is 1.36. The summed E-state index contributed by atoms with van der Waals surface area (Å²) in [7, 11) is 0. The van der Waals surface area contributed by atoms with Gasteiger partial charge in [0.25, 0.3) is 0 Å². The smallest absolute Gasteiger partial charge is 0.237 e. The standard InChI is InChI=1S/C23H36N2O3/c26-16-21(22(27)19-9-5-2-6-10-19)25-23(28)20-15-18(13-14-24-20)12-11-17-7-3-1-4-8-17/h2,5-6,9-10,17-18,20-22,24,26-27H,1,3-4,7-8,11-16H2,(H,25,28)/t18-,20+,21-,22-/m1/s1. The van der Waals surface area contributed by atoms with Gasteiger partial charge >= 0.3 is 0 Å². The molecule has 1 saturated heterocycles. The first-order valence-electron chi connectivity index (χ1n) is 11.0. The van der Waals surface area contributed by atoms with Crippen molar-refractivity contribution in [2.24, 2.45) is 11.8 Å². The Kier molecular flexibility index (Phi) is 8.31. The van der Waals surface area contributed by atoms with E-state index < -0.39 is 12.1 Å². The van der Waals surface area contributed by atoms with Crippen LogP contribution in [0.15, 0.2) is 30.3 Å². The molecule has 28 heavy (non-hydrogen) atoms. The van der Waals surface area contributed by atoms with E-state index in [1.165, 1.54) is 44.9 Å². The molecule has 1 aliphatic carbocycles. The monoisotopic (exact) mass is 388 g/mol. The van der Waals surface area contributed by atoms with Crippen LogP contribution in [0.25, 0.3) is 0 Å². The Bertz CT molecular complexity index is 589. The van der Waals surface area contributed by atoms with Gasteiger partial charge < -0.3 is 20.8 Å². The number of nitrogens with one attached hydrogen (secondary N) is 2. The molecule has 0 radical (unpaired) electrons. The topological polar surface area (TPSA) is 81.6 Å². The zero-order chi connectivity index (χ0) is 19.8. The number of amides is 1. The van der Waals surface area contributed by atoms with Gasteiger partial charge in [-0.25, -0.2) is 0 Å². The Morgan fingerprint density at radius 1 is 1.07 bits per heavy atom. The molecular formula is C23H36N2O3. The normalized spacial score (nSPS) is 25.8. The highest BCUT2D eigenvalue weighted by Crippen LogP contribution is 2.31. The molecule has 1 saturated carbocycles. The lowest BCUT2D eigenvalue weighted by molar-refractivity contribution is -0.126. The minimum Gasteiger partial charge on any atom is -0.394 e. The number of rotatable bonds is 8. The second-order valence-electron chi connectivity index (χ2n) is 8.63. The Balaban J connectivity index is 1.48. The number of hydrogen-bond acceptors (Lipinski definition) is 4. The highest BCUT2D eigenvalue weighted by atomic mass is 16.3. The summed E-state index contributed by atoms with van der Waals surface area (Å²) < 4.78 is 0. The highest BCUT2D eigenvalue weighted by Gasteiger charge is 2.30. The van der Waals surface area contributed by atoms with Crippen LogP contribution in [-0.2, 0) is 4.79 Å². The molecule has 2 fully saturated rings. The van der Waals surface area contributed by atoms with E-state index in [1.807, 2.05) is 18.2 Å². The molecular weight excluding hydrogens is 352 g/mol. The molecule has 0 spiro atoms. The number of carbonyl (C=O) groups is 1. The average molecular weight is 389 g/mol. The third-order valence-electron chi connectivity index (χ3n) is 6.58. The van der Waals surface area contributed by atoms with E-state index in [2.05, 4.69) is 10.6 Å². The van der Waals surface area contributed by atoms with Crippen LogP contribution < -0.4 is 10.6 Å². The molecule has 1 amide bonds. The lowest BCUT2D eigenvalue weighted by Crippen LogP contribution is -2.53. The van der Waals surface area contributed by atoms with Gasteiger partial charge in [-0.2, -0.15) is 0 Å². The van der Waals surface area contributed by atoms with Gasteiger partial charge in [0, 0.05) is 0 Å². The van der Waals surface area contributed by atoms with Crippen LogP contribution in [-0.4, -0.2) is 41.4 Å². The molecule has 0 unspecified atom stereocenters. The zero-order valence-electron chi connectivity index (χ0n) is 16.9. The molecule has 0 bridgehead atoms. The van der Waals surface area contributed by atoms with Gasteiger partial charge in [0.2, 0.25) is 5.91 Å². The maximum atomic E-state index is 12.8. The first kappa shape index (κ1) is 21.3. The Morgan fingerprint density at radius 3 is 2.50 bits per heavy atom. The van der Waals surface area contributed by atoms with Crippen molar-refractivity contribution in [2.75, 3.05) is 13.2 Å². The second kappa shape index (κ2) is 10.9. The maximum absolute atomic E-state index is 12.8. The van der Waals surface area contributed by atoms with Gasteiger partial charge in [-0.3, -0.25) is 4.79 Å². The Labute approximate surface area is 168 Å². The van der Waals surface area contributed by atoms with Gasteiger partial charge in [0.05, 0.1) is 18.7 Å². The molecule has 1 heterocycles. The van der Waals surface area contributed by atoms with Gasteiger partial charge in [0.15, 0.2) is 0 Å². The third kappa shape index (κ3) is 6.03. The minimum absolute atomic E-state index is 0.114. The van der Waals surface area contributed by atoms with Crippen LogP contribution in [0.4, 0.5) is 0 Å². The fourth-order valence-electron chi connectivity index (χ4n) is 4.80. The molecule has 3 rings (SSSR count). The van der Waals surface area contributed by atoms with Crippen molar-refractivity contribution in [1.29, 1.82) is 0 Å². The van der Waals surface area contributed by atoms with Crippen LogP contribution in [0.3, 0.4) is 0 Å².